The third-order valence-electron chi connectivity index (χ3n) is 3.13. The fraction of sp³-hybridized carbons (Fsp3) is 0.333. The molecule has 0 unspecified atom stereocenters. The number of nitrogens with one attached hydrogen (secondary N) is 1. The van der Waals surface area contributed by atoms with Crippen LogP contribution < -0.4 is 5.32 Å². The molecule has 20 heavy (non-hydrogen) atoms. The van der Waals surface area contributed by atoms with Crippen molar-refractivity contribution in [2.75, 3.05) is 0 Å². The molecule has 0 radical (unpaired) electrons. The summed E-state index contributed by atoms with van der Waals surface area (Å²) in [6.45, 7) is 9.58. The van der Waals surface area contributed by atoms with Crippen LogP contribution in [-0.4, -0.2) is 6.04 Å². The van der Waals surface area contributed by atoms with Crippen LogP contribution in [0, 0.1) is 13.8 Å². The largest absolute Gasteiger partial charge is 0.310 e. The van der Waals surface area contributed by atoms with Crippen molar-refractivity contribution in [3.8, 4) is 0 Å². The van der Waals surface area contributed by atoms with Gasteiger partial charge >= 0.3 is 0 Å². The van der Waals surface area contributed by atoms with Gasteiger partial charge in [-0.3, -0.25) is 0 Å². The molecule has 2 heteroatoms. The Morgan fingerprint density at radius 2 is 1.75 bits per heavy atom. The molecule has 0 heterocycles. The van der Waals surface area contributed by atoms with E-state index in [1.807, 2.05) is 11.8 Å². The third-order valence-corrected chi connectivity index (χ3v) is 4.24. The Hall–Kier alpha value is -1.25. The van der Waals surface area contributed by atoms with Gasteiger partial charge in [0.25, 0.3) is 0 Å². The molecule has 0 aliphatic rings. The number of hydrogen-bond donors (Lipinski definition) is 1. The standard InChI is InChI=1S/C18H23NS/c1-13(2)19-12-16-10-15(4)8-9-18(16)20-17-7-5-6-14(3)11-17/h5-11,13,19H,12H2,1-4H3. The average molecular weight is 285 g/mol. The summed E-state index contributed by atoms with van der Waals surface area (Å²) in [6.07, 6.45) is 0. The molecule has 2 aromatic carbocycles. The summed E-state index contributed by atoms with van der Waals surface area (Å²) in [5, 5.41) is 3.51. The van der Waals surface area contributed by atoms with Crippen LogP contribution in [-0.2, 0) is 6.54 Å². The fourth-order valence-corrected chi connectivity index (χ4v) is 3.11. The van der Waals surface area contributed by atoms with Gasteiger partial charge in [-0.05, 0) is 37.6 Å². The topological polar surface area (TPSA) is 12.0 Å². The van der Waals surface area contributed by atoms with Crippen LogP contribution >= 0.6 is 11.8 Å². The number of hydrogen-bond acceptors (Lipinski definition) is 2. The third kappa shape index (κ3) is 4.39. The van der Waals surface area contributed by atoms with Crippen LogP contribution in [0.3, 0.4) is 0 Å². The fourth-order valence-electron chi connectivity index (χ4n) is 2.07. The SMILES string of the molecule is Cc1cccc(Sc2ccc(C)cc2CNC(C)C)c1. The molecule has 2 aromatic rings. The molecule has 0 fully saturated rings. The highest BCUT2D eigenvalue weighted by atomic mass is 32.2. The van der Waals surface area contributed by atoms with Gasteiger partial charge in [0.05, 0.1) is 0 Å². The van der Waals surface area contributed by atoms with Crippen LogP contribution in [0.1, 0.15) is 30.5 Å². The highest BCUT2D eigenvalue weighted by molar-refractivity contribution is 7.99. The molecule has 0 bridgehead atoms. The summed E-state index contributed by atoms with van der Waals surface area (Å²) in [7, 11) is 0. The minimum absolute atomic E-state index is 0.507. The van der Waals surface area contributed by atoms with Crippen molar-refractivity contribution in [2.24, 2.45) is 0 Å². The second kappa shape index (κ2) is 6.96. The summed E-state index contributed by atoms with van der Waals surface area (Å²) in [6, 6.07) is 15.9. The molecule has 0 aliphatic carbocycles. The zero-order chi connectivity index (χ0) is 14.5. The molecule has 1 N–H and O–H groups in total. The van der Waals surface area contributed by atoms with Gasteiger partial charge in [0.15, 0.2) is 0 Å². The molecule has 0 amide bonds. The second-order valence-corrected chi connectivity index (χ2v) is 6.68. The number of aryl methyl sites for hydroxylation is 2. The van der Waals surface area contributed by atoms with Crippen LogP contribution in [0.2, 0.25) is 0 Å². The first kappa shape index (κ1) is 15.1. The molecule has 0 saturated carbocycles. The summed E-state index contributed by atoms with van der Waals surface area (Å²) in [4.78, 5) is 2.65. The predicted octanol–water partition coefficient (Wildman–Crippen LogP) is 4.95. The van der Waals surface area contributed by atoms with Gasteiger partial charge in [-0.1, -0.05) is 61.0 Å². The summed E-state index contributed by atoms with van der Waals surface area (Å²) in [5.41, 5.74) is 4.01. The average Bonchev–Trinajstić information content (AvgIpc) is 2.39. The van der Waals surface area contributed by atoms with Gasteiger partial charge in [0.1, 0.15) is 0 Å². The lowest BCUT2D eigenvalue weighted by atomic mass is 10.1. The van der Waals surface area contributed by atoms with Crippen molar-refractivity contribution in [2.45, 2.75) is 50.1 Å². The highest BCUT2D eigenvalue weighted by Crippen LogP contribution is 2.31. The maximum absolute atomic E-state index is 3.51. The number of benzene rings is 2. The van der Waals surface area contributed by atoms with Gasteiger partial charge in [-0.2, -0.15) is 0 Å². The second-order valence-electron chi connectivity index (χ2n) is 5.57. The Morgan fingerprint density at radius 1 is 1.00 bits per heavy atom. The maximum atomic E-state index is 3.51. The minimum Gasteiger partial charge on any atom is -0.310 e. The Bertz CT molecular complexity index is 575. The smallest absolute Gasteiger partial charge is 0.0219 e. The molecular weight excluding hydrogens is 262 g/mol. The van der Waals surface area contributed by atoms with Crippen molar-refractivity contribution >= 4 is 11.8 Å². The Labute approximate surface area is 126 Å². The normalized spacial score (nSPS) is 11.1. The van der Waals surface area contributed by atoms with E-state index in [1.165, 1.54) is 26.5 Å². The molecule has 0 atom stereocenters. The molecule has 0 aromatic heterocycles. The quantitative estimate of drug-likeness (QED) is 0.834. The molecule has 2 rings (SSSR count). The first-order valence-corrected chi connectivity index (χ1v) is 7.93. The Kier molecular flexibility index (Phi) is 5.27. The van der Waals surface area contributed by atoms with Crippen LogP contribution in [0.15, 0.2) is 52.3 Å². The van der Waals surface area contributed by atoms with Gasteiger partial charge in [-0.15, -0.1) is 0 Å². The Morgan fingerprint density at radius 3 is 2.45 bits per heavy atom. The van der Waals surface area contributed by atoms with Gasteiger partial charge in [0.2, 0.25) is 0 Å². The van der Waals surface area contributed by atoms with E-state index >= 15 is 0 Å². The van der Waals surface area contributed by atoms with Crippen molar-refractivity contribution in [3.63, 3.8) is 0 Å². The minimum atomic E-state index is 0.507. The maximum Gasteiger partial charge on any atom is 0.0219 e. The molecule has 1 nitrogen and oxygen atoms in total. The number of rotatable bonds is 5. The van der Waals surface area contributed by atoms with Crippen molar-refractivity contribution in [1.29, 1.82) is 0 Å². The molecule has 0 aliphatic heterocycles. The van der Waals surface area contributed by atoms with Crippen LogP contribution in [0.5, 0.6) is 0 Å². The molecule has 106 valence electrons. The van der Waals surface area contributed by atoms with Gasteiger partial charge < -0.3 is 5.32 Å². The van der Waals surface area contributed by atoms with Gasteiger partial charge in [0, 0.05) is 22.4 Å². The summed E-state index contributed by atoms with van der Waals surface area (Å²) >= 11 is 1.85. The summed E-state index contributed by atoms with van der Waals surface area (Å²) < 4.78 is 0. The lowest BCUT2D eigenvalue weighted by Gasteiger charge is -2.13. The van der Waals surface area contributed by atoms with E-state index in [1.54, 1.807) is 0 Å². The van der Waals surface area contributed by atoms with Gasteiger partial charge in [-0.25, -0.2) is 0 Å². The lowest BCUT2D eigenvalue weighted by molar-refractivity contribution is 0.584. The first-order chi connectivity index (χ1) is 9.54. The van der Waals surface area contributed by atoms with E-state index in [2.05, 4.69) is 75.5 Å². The molecular formula is C18H23NS. The monoisotopic (exact) mass is 285 g/mol. The molecule has 0 spiro atoms. The Balaban J connectivity index is 2.21. The van der Waals surface area contributed by atoms with E-state index in [0.29, 0.717) is 6.04 Å². The predicted molar refractivity (Wildman–Crippen MR) is 88.5 cm³/mol. The molecule has 0 saturated heterocycles. The lowest BCUT2D eigenvalue weighted by Crippen LogP contribution is -2.22. The van der Waals surface area contributed by atoms with Crippen LogP contribution in [0.25, 0.3) is 0 Å². The first-order valence-electron chi connectivity index (χ1n) is 7.12. The van der Waals surface area contributed by atoms with E-state index in [4.69, 9.17) is 0 Å². The zero-order valence-corrected chi connectivity index (χ0v) is 13.6. The zero-order valence-electron chi connectivity index (χ0n) is 12.7. The van der Waals surface area contributed by atoms with E-state index in [9.17, 15) is 0 Å². The van der Waals surface area contributed by atoms with Crippen molar-refractivity contribution in [3.05, 3.63) is 59.2 Å². The van der Waals surface area contributed by atoms with Crippen molar-refractivity contribution in [1.82, 2.24) is 5.32 Å². The van der Waals surface area contributed by atoms with E-state index < -0.39 is 0 Å². The highest BCUT2D eigenvalue weighted by Gasteiger charge is 2.06. The van der Waals surface area contributed by atoms with Crippen LogP contribution in [0.4, 0.5) is 0 Å². The van der Waals surface area contributed by atoms with E-state index in [-0.39, 0.29) is 0 Å². The van der Waals surface area contributed by atoms with Crippen molar-refractivity contribution < 1.29 is 0 Å². The van der Waals surface area contributed by atoms with E-state index in [0.717, 1.165) is 6.54 Å². The summed E-state index contributed by atoms with van der Waals surface area (Å²) in [5.74, 6) is 0.